The van der Waals surface area contributed by atoms with Crippen LogP contribution in [0.2, 0.25) is 10.0 Å². The molecule has 1 aromatic rings. The van der Waals surface area contributed by atoms with Crippen molar-refractivity contribution in [1.82, 2.24) is 4.90 Å². The summed E-state index contributed by atoms with van der Waals surface area (Å²) in [5.41, 5.74) is -0.349. The molecule has 0 aromatic heterocycles. The lowest BCUT2D eigenvalue weighted by molar-refractivity contribution is -0.138. The van der Waals surface area contributed by atoms with Crippen molar-refractivity contribution in [1.29, 1.82) is 0 Å². The van der Waals surface area contributed by atoms with E-state index in [-0.39, 0.29) is 12.1 Å². The molecule has 1 amide bonds. The standard InChI is InChI=1S/C13H15Cl2NO3/c1-13(2,3)16(7-11(17)18)12(19)8-4-9(14)6-10(15)5-8/h4-6H,7H2,1-3H3,(H,17,18). The van der Waals surface area contributed by atoms with E-state index >= 15 is 0 Å². The van der Waals surface area contributed by atoms with Crippen LogP contribution in [0.25, 0.3) is 0 Å². The molecule has 0 heterocycles. The van der Waals surface area contributed by atoms with E-state index in [4.69, 9.17) is 28.3 Å². The lowest BCUT2D eigenvalue weighted by Crippen LogP contribution is -2.48. The van der Waals surface area contributed by atoms with Crippen molar-refractivity contribution in [3.63, 3.8) is 0 Å². The van der Waals surface area contributed by atoms with Crippen LogP contribution in [0.3, 0.4) is 0 Å². The van der Waals surface area contributed by atoms with Crippen molar-refractivity contribution >= 4 is 35.1 Å². The van der Waals surface area contributed by atoms with Gasteiger partial charge in [0.2, 0.25) is 0 Å². The molecule has 0 radical (unpaired) electrons. The zero-order chi connectivity index (χ0) is 14.8. The Hall–Kier alpha value is -1.26. The zero-order valence-electron chi connectivity index (χ0n) is 10.9. The monoisotopic (exact) mass is 303 g/mol. The van der Waals surface area contributed by atoms with E-state index < -0.39 is 17.4 Å². The summed E-state index contributed by atoms with van der Waals surface area (Å²) in [5.74, 6) is -1.49. The number of nitrogens with zero attached hydrogens (tertiary/aromatic N) is 1. The van der Waals surface area contributed by atoms with Gasteiger partial charge in [0.25, 0.3) is 5.91 Å². The van der Waals surface area contributed by atoms with Crippen molar-refractivity contribution < 1.29 is 14.7 Å². The molecule has 4 nitrogen and oxygen atoms in total. The highest BCUT2D eigenvalue weighted by Crippen LogP contribution is 2.23. The van der Waals surface area contributed by atoms with Crippen molar-refractivity contribution in [2.45, 2.75) is 26.3 Å². The number of aliphatic carboxylic acids is 1. The highest BCUT2D eigenvalue weighted by atomic mass is 35.5. The number of hydrogen-bond acceptors (Lipinski definition) is 2. The molecule has 6 heteroatoms. The van der Waals surface area contributed by atoms with Gasteiger partial charge < -0.3 is 10.0 Å². The number of carbonyl (C=O) groups is 2. The number of halogens is 2. The second-order valence-corrected chi connectivity index (χ2v) is 5.99. The maximum atomic E-state index is 12.4. The summed E-state index contributed by atoms with van der Waals surface area (Å²) in [4.78, 5) is 24.5. The van der Waals surface area contributed by atoms with Crippen LogP contribution in [-0.2, 0) is 4.79 Å². The number of amides is 1. The summed E-state index contributed by atoms with van der Waals surface area (Å²) in [6.07, 6.45) is 0. The summed E-state index contributed by atoms with van der Waals surface area (Å²) in [6.45, 7) is 4.91. The average Bonchev–Trinajstić information content (AvgIpc) is 2.21. The number of hydrogen-bond donors (Lipinski definition) is 1. The molecule has 1 N–H and O–H groups in total. The molecular formula is C13H15Cl2NO3. The maximum absolute atomic E-state index is 12.4. The van der Waals surface area contributed by atoms with Crippen LogP contribution in [0.1, 0.15) is 31.1 Å². The van der Waals surface area contributed by atoms with Crippen LogP contribution in [0.4, 0.5) is 0 Å². The molecular weight excluding hydrogens is 289 g/mol. The van der Waals surface area contributed by atoms with E-state index in [0.717, 1.165) is 0 Å². The van der Waals surface area contributed by atoms with Gasteiger partial charge in [-0.15, -0.1) is 0 Å². The summed E-state index contributed by atoms with van der Waals surface area (Å²) in [5, 5.41) is 9.57. The second-order valence-electron chi connectivity index (χ2n) is 5.11. The van der Waals surface area contributed by atoms with Crippen molar-refractivity contribution in [2.24, 2.45) is 0 Å². The molecule has 0 saturated heterocycles. The Morgan fingerprint density at radius 1 is 1.16 bits per heavy atom. The van der Waals surface area contributed by atoms with Crippen LogP contribution in [0, 0.1) is 0 Å². The van der Waals surface area contributed by atoms with Gasteiger partial charge in [-0.25, -0.2) is 0 Å². The van der Waals surface area contributed by atoms with E-state index in [1.807, 2.05) is 0 Å². The minimum atomic E-state index is -1.07. The number of carboxylic acid groups (broad SMARTS) is 1. The topological polar surface area (TPSA) is 57.6 Å². The second kappa shape index (κ2) is 5.80. The average molecular weight is 304 g/mol. The van der Waals surface area contributed by atoms with E-state index in [9.17, 15) is 9.59 Å². The SMILES string of the molecule is CC(C)(C)N(CC(=O)O)C(=O)c1cc(Cl)cc(Cl)c1. The molecule has 0 fully saturated rings. The molecule has 0 saturated carbocycles. The molecule has 0 aliphatic heterocycles. The summed E-state index contributed by atoms with van der Waals surface area (Å²) in [6, 6.07) is 4.45. The largest absolute Gasteiger partial charge is 0.480 e. The van der Waals surface area contributed by atoms with Gasteiger partial charge in [-0.1, -0.05) is 23.2 Å². The predicted molar refractivity (Wildman–Crippen MR) is 74.9 cm³/mol. The van der Waals surface area contributed by atoms with Crippen LogP contribution >= 0.6 is 23.2 Å². The Balaban J connectivity index is 3.15. The molecule has 0 unspecified atom stereocenters. The fraction of sp³-hybridized carbons (Fsp3) is 0.385. The quantitative estimate of drug-likeness (QED) is 0.932. The van der Waals surface area contributed by atoms with Gasteiger partial charge in [0.15, 0.2) is 0 Å². The van der Waals surface area contributed by atoms with Gasteiger partial charge in [-0.3, -0.25) is 9.59 Å². The molecule has 19 heavy (non-hydrogen) atoms. The number of carboxylic acids is 1. The zero-order valence-corrected chi connectivity index (χ0v) is 12.4. The van der Waals surface area contributed by atoms with Crippen LogP contribution < -0.4 is 0 Å². The number of benzene rings is 1. The summed E-state index contributed by atoms with van der Waals surface area (Å²) in [7, 11) is 0. The Morgan fingerprint density at radius 3 is 2.00 bits per heavy atom. The van der Waals surface area contributed by atoms with E-state index in [1.165, 1.54) is 23.1 Å². The third kappa shape index (κ3) is 4.40. The first-order chi connectivity index (χ1) is 8.61. The Bertz CT molecular complexity index is 489. The van der Waals surface area contributed by atoms with Gasteiger partial charge >= 0.3 is 5.97 Å². The van der Waals surface area contributed by atoms with Gasteiger partial charge in [0.1, 0.15) is 6.54 Å². The molecule has 1 rings (SSSR count). The minimum Gasteiger partial charge on any atom is -0.480 e. The summed E-state index contributed by atoms with van der Waals surface area (Å²) < 4.78 is 0. The summed E-state index contributed by atoms with van der Waals surface area (Å²) >= 11 is 11.7. The smallest absolute Gasteiger partial charge is 0.323 e. The minimum absolute atomic E-state index is 0.272. The van der Waals surface area contributed by atoms with E-state index in [1.54, 1.807) is 20.8 Å². The first-order valence-electron chi connectivity index (χ1n) is 5.61. The van der Waals surface area contributed by atoms with Crippen LogP contribution in [-0.4, -0.2) is 34.0 Å². The Morgan fingerprint density at radius 2 is 1.63 bits per heavy atom. The molecule has 0 aliphatic rings. The lowest BCUT2D eigenvalue weighted by atomic mass is 10.0. The molecule has 0 atom stereocenters. The fourth-order valence-corrected chi connectivity index (χ4v) is 2.11. The molecule has 0 bridgehead atoms. The predicted octanol–water partition coefficient (Wildman–Crippen LogP) is 3.32. The van der Waals surface area contributed by atoms with Gasteiger partial charge in [-0.05, 0) is 39.0 Å². The van der Waals surface area contributed by atoms with Crippen molar-refractivity contribution in [3.8, 4) is 0 Å². The maximum Gasteiger partial charge on any atom is 0.323 e. The molecule has 0 aliphatic carbocycles. The van der Waals surface area contributed by atoms with Crippen molar-refractivity contribution in [3.05, 3.63) is 33.8 Å². The molecule has 1 aromatic carbocycles. The molecule has 104 valence electrons. The highest BCUT2D eigenvalue weighted by molar-refractivity contribution is 6.35. The van der Waals surface area contributed by atoms with E-state index in [0.29, 0.717) is 10.0 Å². The first-order valence-corrected chi connectivity index (χ1v) is 6.36. The number of carbonyl (C=O) groups excluding carboxylic acids is 1. The Kier molecular flexibility index (Phi) is 4.82. The number of rotatable bonds is 3. The molecule has 0 spiro atoms. The fourth-order valence-electron chi connectivity index (χ4n) is 1.58. The van der Waals surface area contributed by atoms with Gasteiger partial charge in [0, 0.05) is 21.1 Å². The highest BCUT2D eigenvalue weighted by Gasteiger charge is 2.29. The first kappa shape index (κ1) is 15.8. The Labute approximate surface area is 121 Å². The van der Waals surface area contributed by atoms with Gasteiger partial charge in [-0.2, -0.15) is 0 Å². The van der Waals surface area contributed by atoms with Crippen LogP contribution in [0.15, 0.2) is 18.2 Å². The third-order valence-corrected chi connectivity index (χ3v) is 2.89. The van der Waals surface area contributed by atoms with E-state index in [2.05, 4.69) is 0 Å². The lowest BCUT2D eigenvalue weighted by Gasteiger charge is -2.34. The van der Waals surface area contributed by atoms with Crippen LogP contribution in [0.5, 0.6) is 0 Å². The van der Waals surface area contributed by atoms with Gasteiger partial charge in [0.05, 0.1) is 0 Å². The normalized spacial score (nSPS) is 11.2. The van der Waals surface area contributed by atoms with Crippen molar-refractivity contribution in [2.75, 3.05) is 6.54 Å². The third-order valence-electron chi connectivity index (χ3n) is 2.46.